The predicted molar refractivity (Wildman–Crippen MR) is 82.9 cm³/mol. The van der Waals surface area contributed by atoms with Gasteiger partial charge in [0.2, 0.25) is 0 Å². The minimum atomic E-state index is -4.48. The summed E-state index contributed by atoms with van der Waals surface area (Å²) < 4.78 is 43.3. The maximum atomic E-state index is 12.6. The van der Waals surface area contributed by atoms with Gasteiger partial charge in [-0.3, -0.25) is 0 Å². The highest BCUT2D eigenvalue weighted by Gasteiger charge is 2.33. The van der Waals surface area contributed by atoms with Crippen LogP contribution in [0.25, 0.3) is 0 Å². The van der Waals surface area contributed by atoms with E-state index >= 15 is 0 Å². The molecule has 1 N–H and O–H groups in total. The summed E-state index contributed by atoms with van der Waals surface area (Å²) in [7, 11) is 0. The molecule has 1 saturated heterocycles. The van der Waals surface area contributed by atoms with Gasteiger partial charge in [0.1, 0.15) is 11.4 Å². The number of hydrogen-bond acceptors (Lipinski definition) is 3. The fraction of sp³-hybridized carbons (Fsp3) is 0.588. The Hall–Kier alpha value is -1.92. The molecule has 134 valence electrons. The zero-order valence-corrected chi connectivity index (χ0v) is 14.0. The molecular weight excluding hydrogens is 323 g/mol. The highest BCUT2D eigenvalue weighted by molar-refractivity contribution is 5.68. The Morgan fingerprint density at radius 2 is 1.79 bits per heavy atom. The van der Waals surface area contributed by atoms with Gasteiger partial charge in [-0.15, -0.1) is 0 Å². The first-order valence-electron chi connectivity index (χ1n) is 7.85. The Balaban J connectivity index is 2.01. The van der Waals surface area contributed by atoms with Crippen molar-refractivity contribution in [2.24, 2.45) is 0 Å². The van der Waals surface area contributed by atoms with Gasteiger partial charge in [0.25, 0.3) is 0 Å². The summed E-state index contributed by atoms with van der Waals surface area (Å²) in [5, 5.41) is 9.93. The molecule has 0 unspecified atom stereocenters. The normalized spacial score (nSPS) is 17.0. The van der Waals surface area contributed by atoms with Crippen molar-refractivity contribution in [1.29, 1.82) is 0 Å². The van der Waals surface area contributed by atoms with Crippen LogP contribution < -0.4 is 0 Å². The summed E-state index contributed by atoms with van der Waals surface area (Å²) in [5.41, 5.74) is -0.943. The van der Waals surface area contributed by atoms with Gasteiger partial charge in [-0.05, 0) is 57.2 Å². The van der Waals surface area contributed by atoms with E-state index in [-0.39, 0.29) is 11.7 Å². The lowest BCUT2D eigenvalue weighted by Crippen LogP contribution is -2.41. The monoisotopic (exact) mass is 345 g/mol. The first kappa shape index (κ1) is 18.4. The Morgan fingerprint density at radius 1 is 1.21 bits per heavy atom. The largest absolute Gasteiger partial charge is 0.508 e. The van der Waals surface area contributed by atoms with Crippen LogP contribution in [0.3, 0.4) is 0 Å². The zero-order valence-electron chi connectivity index (χ0n) is 14.0. The molecule has 0 aliphatic carbocycles. The van der Waals surface area contributed by atoms with Crippen molar-refractivity contribution in [3.05, 3.63) is 29.3 Å². The lowest BCUT2D eigenvalue weighted by molar-refractivity contribution is -0.137. The number of ether oxygens (including phenoxy) is 1. The molecule has 1 aliphatic heterocycles. The zero-order chi connectivity index (χ0) is 18.1. The molecule has 1 aromatic rings. The molecule has 0 bridgehead atoms. The van der Waals surface area contributed by atoms with Crippen LogP contribution in [0.15, 0.2) is 18.2 Å². The minimum absolute atomic E-state index is 0.0778. The van der Waals surface area contributed by atoms with Crippen LogP contribution in [0.1, 0.15) is 50.7 Å². The molecule has 0 spiro atoms. The maximum Gasteiger partial charge on any atom is 0.416 e. The van der Waals surface area contributed by atoms with E-state index in [0.29, 0.717) is 31.5 Å². The lowest BCUT2D eigenvalue weighted by atomic mass is 9.88. The van der Waals surface area contributed by atoms with Crippen LogP contribution in [0, 0.1) is 0 Å². The maximum absolute atomic E-state index is 12.6. The number of phenols is 1. The van der Waals surface area contributed by atoms with Crippen molar-refractivity contribution >= 4 is 6.09 Å². The minimum Gasteiger partial charge on any atom is -0.508 e. The number of rotatable bonds is 1. The standard InChI is InChI=1S/C17H22F3NO3/c1-16(2,3)24-15(23)21-8-6-11(7-9-21)13-5-4-12(10-14(13)22)17(18,19)20/h4-5,10-11,22H,6-9H2,1-3H3. The summed E-state index contributed by atoms with van der Waals surface area (Å²) >= 11 is 0. The van der Waals surface area contributed by atoms with Crippen LogP contribution >= 0.6 is 0 Å². The number of piperidine rings is 1. The molecule has 2 rings (SSSR count). The fourth-order valence-electron chi connectivity index (χ4n) is 2.76. The Bertz CT molecular complexity index is 600. The number of aromatic hydroxyl groups is 1. The average Bonchev–Trinajstić information content (AvgIpc) is 2.44. The molecule has 1 aromatic carbocycles. The highest BCUT2D eigenvalue weighted by Crippen LogP contribution is 2.38. The van der Waals surface area contributed by atoms with Crippen molar-refractivity contribution in [2.45, 2.75) is 51.3 Å². The van der Waals surface area contributed by atoms with Crippen LogP contribution in [0.4, 0.5) is 18.0 Å². The van der Waals surface area contributed by atoms with Gasteiger partial charge in [0, 0.05) is 13.1 Å². The van der Waals surface area contributed by atoms with E-state index in [1.807, 2.05) is 0 Å². The second kappa shape index (κ2) is 6.53. The van der Waals surface area contributed by atoms with E-state index in [1.54, 1.807) is 25.7 Å². The molecule has 7 heteroatoms. The number of amides is 1. The Kier molecular flexibility index (Phi) is 5.01. The van der Waals surface area contributed by atoms with Crippen molar-refractivity contribution in [3.8, 4) is 5.75 Å². The Morgan fingerprint density at radius 3 is 2.25 bits per heavy atom. The van der Waals surface area contributed by atoms with Crippen molar-refractivity contribution in [3.63, 3.8) is 0 Å². The van der Waals surface area contributed by atoms with Crippen LogP contribution in [0.2, 0.25) is 0 Å². The first-order chi connectivity index (χ1) is 11.0. The molecule has 0 atom stereocenters. The summed E-state index contributed by atoms with van der Waals surface area (Å²) in [6.45, 7) is 6.26. The van der Waals surface area contributed by atoms with Gasteiger partial charge in [-0.25, -0.2) is 4.79 Å². The lowest BCUT2D eigenvalue weighted by Gasteiger charge is -2.33. The summed E-state index contributed by atoms with van der Waals surface area (Å²) in [6, 6.07) is 3.07. The van der Waals surface area contributed by atoms with Gasteiger partial charge in [0.15, 0.2) is 0 Å². The molecular formula is C17H22F3NO3. The topological polar surface area (TPSA) is 49.8 Å². The second-order valence-corrected chi connectivity index (χ2v) is 7.01. The van der Waals surface area contributed by atoms with Crippen LogP contribution in [-0.4, -0.2) is 34.8 Å². The van der Waals surface area contributed by atoms with E-state index in [1.165, 1.54) is 6.07 Å². The van der Waals surface area contributed by atoms with Crippen LogP contribution in [0.5, 0.6) is 5.75 Å². The molecule has 1 fully saturated rings. The number of phenolic OH excluding ortho intramolecular Hbond substituents is 1. The number of hydrogen-bond donors (Lipinski definition) is 1. The molecule has 0 radical (unpaired) electrons. The molecule has 1 amide bonds. The van der Waals surface area contributed by atoms with Crippen LogP contribution in [-0.2, 0) is 10.9 Å². The number of nitrogens with zero attached hydrogens (tertiary/aromatic N) is 1. The Labute approximate surface area is 139 Å². The molecule has 24 heavy (non-hydrogen) atoms. The molecule has 4 nitrogen and oxygen atoms in total. The predicted octanol–water partition coefficient (Wildman–Crippen LogP) is 4.53. The first-order valence-corrected chi connectivity index (χ1v) is 7.85. The van der Waals surface area contributed by atoms with E-state index < -0.39 is 23.4 Å². The summed E-state index contributed by atoms with van der Waals surface area (Å²) in [4.78, 5) is 13.6. The van der Waals surface area contributed by atoms with E-state index in [4.69, 9.17) is 4.74 Å². The molecule has 1 heterocycles. The van der Waals surface area contributed by atoms with Gasteiger partial charge in [-0.1, -0.05) is 6.07 Å². The van der Waals surface area contributed by atoms with Crippen molar-refractivity contribution in [2.75, 3.05) is 13.1 Å². The van der Waals surface area contributed by atoms with E-state index in [2.05, 4.69) is 0 Å². The molecule has 1 aliphatic rings. The smallest absolute Gasteiger partial charge is 0.416 e. The average molecular weight is 345 g/mol. The SMILES string of the molecule is CC(C)(C)OC(=O)N1CCC(c2ccc(C(F)(F)F)cc2O)CC1. The van der Waals surface area contributed by atoms with E-state index in [9.17, 15) is 23.1 Å². The number of halogens is 3. The summed E-state index contributed by atoms with van der Waals surface area (Å²) in [5.74, 6) is -0.425. The van der Waals surface area contributed by atoms with E-state index in [0.717, 1.165) is 12.1 Å². The number of carbonyl (C=O) groups is 1. The number of carbonyl (C=O) groups excluding carboxylic acids is 1. The number of likely N-dealkylation sites (tertiary alicyclic amines) is 1. The highest BCUT2D eigenvalue weighted by atomic mass is 19.4. The quantitative estimate of drug-likeness (QED) is 0.814. The van der Waals surface area contributed by atoms with Gasteiger partial charge in [-0.2, -0.15) is 13.2 Å². The third-order valence-electron chi connectivity index (χ3n) is 3.94. The molecule has 0 saturated carbocycles. The third-order valence-corrected chi connectivity index (χ3v) is 3.94. The second-order valence-electron chi connectivity index (χ2n) is 7.01. The van der Waals surface area contributed by atoms with Gasteiger partial charge < -0.3 is 14.7 Å². The van der Waals surface area contributed by atoms with Crippen molar-refractivity contribution < 1.29 is 27.8 Å². The fourth-order valence-corrected chi connectivity index (χ4v) is 2.76. The van der Waals surface area contributed by atoms with Gasteiger partial charge >= 0.3 is 12.3 Å². The third kappa shape index (κ3) is 4.55. The van der Waals surface area contributed by atoms with Gasteiger partial charge in [0.05, 0.1) is 5.56 Å². The molecule has 0 aromatic heterocycles. The van der Waals surface area contributed by atoms with Crippen molar-refractivity contribution in [1.82, 2.24) is 4.90 Å². The number of benzene rings is 1. The summed E-state index contributed by atoms with van der Waals surface area (Å²) in [6.07, 6.45) is -3.73. The number of alkyl halides is 3.